The molecule has 1 aliphatic rings. The number of nitrogens with one attached hydrogen (secondary N) is 2. The van der Waals surface area contributed by atoms with Gasteiger partial charge in [0.05, 0.1) is 17.1 Å². The summed E-state index contributed by atoms with van der Waals surface area (Å²) in [6.45, 7) is 6.75. The average molecular weight is 350 g/mol. The van der Waals surface area contributed by atoms with E-state index in [0.29, 0.717) is 36.2 Å². The maximum Gasteiger partial charge on any atom is 0.410 e. The summed E-state index contributed by atoms with van der Waals surface area (Å²) in [4.78, 5) is 28.8. The Bertz CT molecular complexity index is 865. The van der Waals surface area contributed by atoms with E-state index >= 15 is 0 Å². The molecule has 3 rings (SSSR count). The summed E-state index contributed by atoms with van der Waals surface area (Å²) >= 11 is 0. The maximum absolute atomic E-state index is 14.7. The first kappa shape index (κ1) is 17.5. The van der Waals surface area contributed by atoms with Crippen molar-refractivity contribution < 1.29 is 13.9 Å². The minimum atomic E-state index is -0.641. The topological polar surface area (TPSA) is 79.4 Å². The Kier molecular flexibility index (Phi) is 4.32. The van der Waals surface area contributed by atoms with E-state index in [1.165, 1.54) is 21.6 Å². The number of piperazine rings is 1. The first-order valence-corrected chi connectivity index (χ1v) is 8.26. The second-order valence-corrected chi connectivity index (χ2v) is 7.24. The van der Waals surface area contributed by atoms with Crippen LogP contribution in [0, 0.1) is 5.82 Å². The summed E-state index contributed by atoms with van der Waals surface area (Å²) in [7, 11) is 1.58. The van der Waals surface area contributed by atoms with Gasteiger partial charge in [0.2, 0.25) is 0 Å². The van der Waals surface area contributed by atoms with Gasteiger partial charge in [-0.15, -0.1) is 0 Å². The molecule has 0 bridgehead atoms. The fourth-order valence-electron chi connectivity index (χ4n) is 3.16. The minimum absolute atomic E-state index is 0.316. The van der Waals surface area contributed by atoms with Gasteiger partial charge in [0.1, 0.15) is 11.4 Å². The van der Waals surface area contributed by atoms with Crippen molar-refractivity contribution in [2.24, 2.45) is 7.05 Å². The average Bonchev–Trinajstić information content (AvgIpc) is 2.81. The SMILES string of the molecule is Cn1c(=O)[nH]c2ccc(F)c(C3CNCCN3C(=O)OC(C)(C)C)c21. The fourth-order valence-corrected chi connectivity index (χ4v) is 3.16. The Hall–Kier alpha value is -2.35. The molecule has 1 aromatic carbocycles. The maximum atomic E-state index is 14.7. The number of H-pyrrole nitrogens is 1. The highest BCUT2D eigenvalue weighted by atomic mass is 19.1. The third kappa shape index (κ3) is 3.26. The molecule has 8 heteroatoms. The molecule has 0 radical (unpaired) electrons. The Morgan fingerprint density at radius 3 is 2.76 bits per heavy atom. The standard InChI is InChI=1S/C17H23FN4O3/c1-17(2,3)25-16(24)22-8-7-19-9-12(22)13-10(18)5-6-11-14(13)21(4)15(23)20-11/h5-6,12,19H,7-9H2,1-4H3,(H,20,23). The first-order valence-electron chi connectivity index (χ1n) is 8.26. The number of hydrogen-bond donors (Lipinski definition) is 2. The number of aromatic nitrogens is 2. The second-order valence-electron chi connectivity index (χ2n) is 7.24. The number of amides is 1. The molecule has 1 saturated heterocycles. The third-order valence-electron chi connectivity index (χ3n) is 4.25. The van der Waals surface area contributed by atoms with Crippen LogP contribution in [0.3, 0.4) is 0 Å². The molecule has 0 aliphatic carbocycles. The fraction of sp³-hybridized carbons (Fsp3) is 0.529. The highest BCUT2D eigenvalue weighted by molar-refractivity contribution is 5.81. The Balaban J connectivity index is 2.09. The molecule has 2 heterocycles. The zero-order valence-corrected chi connectivity index (χ0v) is 14.9. The lowest BCUT2D eigenvalue weighted by Gasteiger charge is -2.37. The second kappa shape index (κ2) is 6.18. The largest absolute Gasteiger partial charge is 0.444 e. The van der Waals surface area contributed by atoms with Crippen molar-refractivity contribution in [1.29, 1.82) is 0 Å². The number of benzene rings is 1. The van der Waals surface area contributed by atoms with E-state index < -0.39 is 23.6 Å². The van der Waals surface area contributed by atoms with E-state index in [0.717, 1.165) is 0 Å². The van der Waals surface area contributed by atoms with Gasteiger partial charge in [-0.1, -0.05) is 0 Å². The molecular weight excluding hydrogens is 327 g/mol. The number of nitrogens with zero attached hydrogens (tertiary/aromatic N) is 2. The zero-order chi connectivity index (χ0) is 18.4. The van der Waals surface area contributed by atoms with Crippen LogP contribution in [-0.2, 0) is 11.8 Å². The quantitative estimate of drug-likeness (QED) is 0.823. The Morgan fingerprint density at radius 2 is 2.08 bits per heavy atom. The van der Waals surface area contributed by atoms with E-state index in [1.54, 1.807) is 27.8 Å². The van der Waals surface area contributed by atoms with E-state index in [9.17, 15) is 14.0 Å². The van der Waals surface area contributed by atoms with Gasteiger partial charge >= 0.3 is 11.8 Å². The molecule has 1 aliphatic heterocycles. The highest BCUT2D eigenvalue weighted by Gasteiger charge is 2.34. The van der Waals surface area contributed by atoms with Gasteiger partial charge in [-0.05, 0) is 32.9 Å². The van der Waals surface area contributed by atoms with Gasteiger partial charge in [0, 0.05) is 32.2 Å². The molecule has 2 N–H and O–H groups in total. The predicted octanol–water partition coefficient (Wildman–Crippen LogP) is 1.89. The summed E-state index contributed by atoms with van der Waals surface area (Å²) in [5, 5.41) is 3.19. The van der Waals surface area contributed by atoms with Crippen LogP contribution in [0.15, 0.2) is 16.9 Å². The zero-order valence-electron chi connectivity index (χ0n) is 14.9. The van der Waals surface area contributed by atoms with Crippen LogP contribution in [0.4, 0.5) is 9.18 Å². The minimum Gasteiger partial charge on any atom is -0.444 e. The number of rotatable bonds is 1. The van der Waals surface area contributed by atoms with E-state index in [4.69, 9.17) is 4.74 Å². The number of halogens is 1. The van der Waals surface area contributed by atoms with Crippen LogP contribution >= 0.6 is 0 Å². The van der Waals surface area contributed by atoms with Crippen molar-refractivity contribution in [3.63, 3.8) is 0 Å². The summed E-state index contributed by atoms with van der Waals surface area (Å²) in [6, 6.07) is 2.28. The van der Waals surface area contributed by atoms with Gasteiger partial charge in [0.15, 0.2) is 0 Å². The molecule has 0 saturated carbocycles. The lowest BCUT2D eigenvalue weighted by Crippen LogP contribution is -2.50. The van der Waals surface area contributed by atoms with Gasteiger partial charge in [-0.3, -0.25) is 9.47 Å². The summed E-state index contributed by atoms with van der Waals surface area (Å²) < 4.78 is 21.6. The van der Waals surface area contributed by atoms with Crippen molar-refractivity contribution in [1.82, 2.24) is 19.8 Å². The van der Waals surface area contributed by atoms with Crippen LogP contribution in [-0.4, -0.2) is 45.8 Å². The monoisotopic (exact) mass is 350 g/mol. The van der Waals surface area contributed by atoms with Crippen LogP contribution in [0.5, 0.6) is 0 Å². The summed E-state index contributed by atoms with van der Waals surface area (Å²) in [5.41, 5.74) is 0.356. The number of carbonyl (C=O) groups excluding carboxylic acids is 1. The van der Waals surface area contributed by atoms with Crippen LogP contribution < -0.4 is 11.0 Å². The number of carbonyl (C=O) groups is 1. The molecule has 25 heavy (non-hydrogen) atoms. The summed E-state index contributed by atoms with van der Waals surface area (Å²) in [6.07, 6.45) is -0.490. The molecule has 1 aromatic heterocycles. The first-order chi connectivity index (χ1) is 11.7. The molecule has 1 atom stereocenters. The Labute approximate surface area is 144 Å². The van der Waals surface area contributed by atoms with Crippen molar-refractivity contribution >= 4 is 17.1 Å². The van der Waals surface area contributed by atoms with Crippen molar-refractivity contribution in [2.45, 2.75) is 32.4 Å². The molecular formula is C17H23FN4O3. The summed E-state index contributed by atoms with van der Waals surface area (Å²) in [5.74, 6) is -0.454. The number of aryl methyl sites for hydroxylation is 1. The molecule has 1 amide bonds. The number of ether oxygens (including phenoxy) is 1. The van der Waals surface area contributed by atoms with Crippen LogP contribution in [0.1, 0.15) is 32.4 Å². The number of fused-ring (bicyclic) bond motifs is 1. The molecule has 1 unspecified atom stereocenters. The van der Waals surface area contributed by atoms with Crippen molar-refractivity contribution in [3.8, 4) is 0 Å². The van der Waals surface area contributed by atoms with E-state index in [1.807, 2.05) is 0 Å². The van der Waals surface area contributed by atoms with Crippen LogP contribution in [0.2, 0.25) is 0 Å². The highest BCUT2D eigenvalue weighted by Crippen LogP contribution is 2.31. The predicted molar refractivity (Wildman–Crippen MR) is 92.0 cm³/mol. The smallest absolute Gasteiger partial charge is 0.410 e. The van der Waals surface area contributed by atoms with E-state index in [2.05, 4.69) is 10.3 Å². The lowest BCUT2D eigenvalue weighted by atomic mass is 10.0. The lowest BCUT2D eigenvalue weighted by molar-refractivity contribution is 0.0116. The molecule has 136 valence electrons. The number of imidazole rings is 1. The molecule has 0 spiro atoms. The molecule has 1 fully saturated rings. The third-order valence-corrected chi connectivity index (χ3v) is 4.25. The molecule has 2 aromatic rings. The van der Waals surface area contributed by atoms with Gasteiger partial charge in [-0.25, -0.2) is 14.0 Å². The van der Waals surface area contributed by atoms with Gasteiger partial charge < -0.3 is 15.0 Å². The van der Waals surface area contributed by atoms with Crippen molar-refractivity contribution in [3.05, 3.63) is 34.0 Å². The van der Waals surface area contributed by atoms with Gasteiger partial charge in [0.25, 0.3) is 0 Å². The van der Waals surface area contributed by atoms with E-state index in [-0.39, 0.29) is 5.69 Å². The normalized spacial score (nSPS) is 18.6. The van der Waals surface area contributed by atoms with Crippen molar-refractivity contribution in [2.75, 3.05) is 19.6 Å². The molecule has 7 nitrogen and oxygen atoms in total. The van der Waals surface area contributed by atoms with Gasteiger partial charge in [-0.2, -0.15) is 0 Å². The Morgan fingerprint density at radius 1 is 1.36 bits per heavy atom. The number of hydrogen-bond acceptors (Lipinski definition) is 4. The van der Waals surface area contributed by atoms with Crippen LogP contribution in [0.25, 0.3) is 11.0 Å². The number of aromatic amines is 1.